The molecule has 24 heavy (non-hydrogen) atoms. The SMILES string of the molecule is O=C(O)C1CCCN(C(=O)NC2CCN(c3ccc(Br)cc3)C2)C1. The van der Waals surface area contributed by atoms with Crippen LogP contribution >= 0.6 is 15.9 Å². The third-order valence-electron chi connectivity index (χ3n) is 4.77. The summed E-state index contributed by atoms with van der Waals surface area (Å²) in [5.41, 5.74) is 1.15. The molecule has 2 unspecified atom stereocenters. The molecule has 2 heterocycles. The van der Waals surface area contributed by atoms with Crippen molar-refractivity contribution >= 4 is 33.6 Å². The maximum atomic E-state index is 12.4. The number of amides is 2. The maximum absolute atomic E-state index is 12.4. The summed E-state index contributed by atoms with van der Waals surface area (Å²) in [7, 11) is 0. The first-order chi connectivity index (χ1) is 11.5. The standard InChI is InChI=1S/C17H22BrN3O3/c18-13-3-5-15(6-4-13)20-9-7-14(11-20)19-17(24)21-8-1-2-12(10-21)16(22)23/h3-6,12,14H,1-2,7-11H2,(H,19,24)(H,22,23). The number of carbonyl (C=O) groups excluding carboxylic acids is 1. The Morgan fingerprint density at radius 3 is 2.58 bits per heavy atom. The molecular weight excluding hydrogens is 374 g/mol. The van der Waals surface area contributed by atoms with Crippen molar-refractivity contribution in [3.63, 3.8) is 0 Å². The van der Waals surface area contributed by atoms with E-state index in [-0.39, 0.29) is 12.1 Å². The van der Waals surface area contributed by atoms with Crippen molar-refractivity contribution in [3.05, 3.63) is 28.7 Å². The zero-order valence-corrected chi connectivity index (χ0v) is 15.0. The molecule has 3 rings (SSSR count). The predicted octanol–water partition coefficient (Wildman–Crippen LogP) is 2.53. The van der Waals surface area contributed by atoms with Crippen LogP contribution in [0.1, 0.15) is 19.3 Å². The number of piperidine rings is 1. The number of aliphatic carboxylic acids is 1. The van der Waals surface area contributed by atoms with Crippen LogP contribution in [0.25, 0.3) is 0 Å². The lowest BCUT2D eigenvalue weighted by Gasteiger charge is -2.31. The Morgan fingerprint density at radius 2 is 1.88 bits per heavy atom. The number of carboxylic acids is 1. The highest BCUT2D eigenvalue weighted by Crippen LogP contribution is 2.23. The van der Waals surface area contributed by atoms with Gasteiger partial charge in [0.05, 0.1) is 5.92 Å². The second-order valence-electron chi connectivity index (χ2n) is 6.48. The van der Waals surface area contributed by atoms with E-state index in [0.29, 0.717) is 19.5 Å². The molecule has 1 aromatic carbocycles. The molecule has 0 spiro atoms. The number of nitrogens with zero attached hydrogens (tertiary/aromatic N) is 2. The average Bonchev–Trinajstić information content (AvgIpc) is 3.04. The summed E-state index contributed by atoms with van der Waals surface area (Å²) >= 11 is 3.43. The second-order valence-corrected chi connectivity index (χ2v) is 7.40. The number of carbonyl (C=O) groups is 2. The number of halogens is 1. The van der Waals surface area contributed by atoms with Crippen LogP contribution < -0.4 is 10.2 Å². The zero-order chi connectivity index (χ0) is 17.1. The molecule has 0 saturated carbocycles. The molecule has 2 atom stereocenters. The fourth-order valence-electron chi connectivity index (χ4n) is 3.39. The average molecular weight is 396 g/mol. The minimum atomic E-state index is -0.810. The van der Waals surface area contributed by atoms with Gasteiger partial charge in [0.1, 0.15) is 0 Å². The van der Waals surface area contributed by atoms with Gasteiger partial charge in [0.2, 0.25) is 0 Å². The summed E-state index contributed by atoms with van der Waals surface area (Å²) in [6, 6.07) is 8.13. The van der Waals surface area contributed by atoms with Crippen LogP contribution in [0.4, 0.5) is 10.5 Å². The minimum Gasteiger partial charge on any atom is -0.481 e. The van der Waals surface area contributed by atoms with Crippen LogP contribution in [0.3, 0.4) is 0 Å². The molecule has 2 amide bonds. The summed E-state index contributed by atoms with van der Waals surface area (Å²) in [4.78, 5) is 27.4. The number of benzene rings is 1. The highest BCUT2D eigenvalue weighted by Gasteiger charge is 2.30. The Balaban J connectivity index is 1.52. The van der Waals surface area contributed by atoms with Crippen molar-refractivity contribution in [3.8, 4) is 0 Å². The summed E-state index contributed by atoms with van der Waals surface area (Å²) in [6.07, 6.45) is 2.30. The van der Waals surface area contributed by atoms with Gasteiger partial charge in [-0.25, -0.2) is 4.79 Å². The van der Waals surface area contributed by atoms with Crippen LogP contribution in [0, 0.1) is 5.92 Å². The Hall–Kier alpha value is -1.76. The van der Waals surface area contributed by atoms with Crippen LogP contribution in [0.5, 0.6) is 0 Å². The smallest absolute Gasteiger partial charge is 0.317 e. The van der Waals surface area contributed by atoms with Crippen molar-refractivity contribution in [2.45, 2.75) is 25.3 Å². The number of rotatable bonds is 3. The number of nitrogens with one attached hydrogen (secondary N) is 1. The Kier molecular flexibility index (Phi) is 5.28. The number of carboxylic acid groups (broad SMARTS) is 1. The summed E-state index contributed by atoms with van der Waals surface area (Å²) in [5, 5.41) is 12.2. The molecule has 2 N–H and O–H groups in total. The number of hydrogen-bond donors (Lipinski definition) is 2. The van der Waals surface area contributed by atoms with Gasteiger partial charge in [0.15, 0.2) is 0 Å². The number of urea groups is 1. The fraction of sp³-hybridized carbons (Fsp3) is 0.529. The van der Waals surface area contributed by atoms with Crippen LogP contribution in [-0.4, -0.2) is 54.2 Å². The molecule has 2 aliphatic rings. The van der Waals surface area contributed by atoms with E-state index < -0.39 is 11.9 Å². The van der Waals surface area contributed by atoms with Crippen LogP contribution in [0.15, 0.2) is 28.7 Å². The zero-order valence-electron chi connectivity index (χ0n) is 13.4. The van der Waals surface area contributed by atoms with Crippen molar-refractivity contribution in [2.75, 3.05) is 31.1 Å². The third-order valence-corrected chi connectivity index (χ3v) is 5.29. The van der Waals surface area contributed by atoms with Gasteiger partial charge in [-0.3, -0.25) is 4.79 Å². The molecule has 0 radical (unpaired) electrons. The first-order valence-electron chi connectivity index (χ1n) is 8.31. The van der Waals surface area contributed by atoms with Crippen molar-refractivity contribution < 1.29 is 14.7 Å². The number of likely N-dealkylation sites (tertiary alicyclic amines) is 1. The number of hydrogen-bond acceptors (Lipinski definition) is 3. The lowest BCUT2D eigenvalue weighted by molar-refractivity contribution is -0.143. The topological polar surface area (TPSA) is 72.9 Å². The third kappa shape index (κ3) is 4.01. The van der Waals surface area contributed by atoms with E-state index >= 15 is 0 Å². The Bertz CT molecular complexity index is 608. The number of anilines is 1. The van der Waals surface area contributed by atoms with E-state index in [1.165, 1.54) is 0 Å². The molecule has 0 bridgehead atoms. The fourth-order valence-corrected chi connectivity index (χ4v) is 3.66. The molecule has 1 aromatic rings. The van der Waals surface area contributed by atoms with Gasteiger partial charge in [-0.1, -0.05) is 15.9 Å². The van der Waals surface area contributed by atoms with Gasteiger partial charge in [-0.2, -0.15) is 0 Å². The van der Waals surface area contributed by atoms with Gasteiger partial charge in [-0.05, 0) is 43.5 Å². The van der Waals surface area contributed by atoms with Crippen LogP contribution in [0.2, 0.25) is 0 Å². The van der Waals surface area contributed by atoms with E-state index in [4.69, 9.17) is 5.11 Å². The van der Waals surface area contributed by atoms with Crippen LogP contribution in [-0.2, 0) is 4.79 Å². The Labute approximate surface area is 149 Å². The van der Waals surface area contributed by atoms with E-state index in [2.05, 4.69) is 38.3 Å². The van der Waals surface area contributed by atoms with E-state index in [1.54, 1.807) is 4.90 Å². The normalized spacial score (nSPS) is 24.0. The molecule has 6 nitrogen and oxygen atoms in total. The molecule has 7 heteroatoms. The van der Waals surface area contributed by atoms with E-state index in [9.17, 15) is 9.59 Å². The monoisotopic (exact) mass is 395 g/mol. The maximum Gasteiger partial charge on any atom is 0.317 e. The molecule has 2 saturated heterocycles. The van der Waals surface area contributed by atoms with Gasteiger partial charge >= 0.3 is 12.0 Å². The second kappa shape index (κ2) is 7.42. The summed E-state index contributed by atoms with van der Waals surface area (Å²) in [6.45, 7) is 2.64. The lowest BCUT2D eigenvalue weighted by Crippen LogP contribution is -2.50. The van der Waals surface area contributed by atoms with Gasteiger partial charge in [0, 0.05) is 42.4 Å². The molecule has 0 aromatic heterocycles. The van der Waals surface area contributed by atoms with Gasteiger partial charge in [-0.15, -0.1) is 0 Å². The van der Waals surface area contributed by atoms with Gasteiger partial charge in [0.25, 0.3) is 0 Å². The highest BCUT2D eigenvalue weighted by molar-refractivity contribution is 9.10. The summed E-state index contributed by atoms with van der Waals surface area (Å²) in [5.74, 6) is -1.25. The van der Waals surface area contributed by atoms with Crippen molar-refractivity contribution in [1.82, 2.24) is 10.2 Å². The molecule has 2 aliphatic heterocycles. The molecule has 0 aliphatic carbocycles. The predicted molar refractivity (Wildman–Crippen MR) is 95.2 cm³/mol. The van der Waals surface area contributed by atoms with Crippen molar-refractivity contribution in [2.24, 2.45) is 5.92 Å². The quantitative estimate of drug-likeness (QED) is 0.824. The molecule has 2 fully saturated rings. The Morgan fingerprint density at radius 1 is 1.12 bits per heavy atom. The summed E-state index contributed by atoms with van der Waals surface area (Å²) < 4.78 is 1.05. The van der Waals surface area contributed by atoms with E-state index in [0.717, 1.165) is 36.1 Å². The highest BCUT2D eigenvalue weighted by atomic mass is 79.9. The van der Waals surface area contributed by atoms with Gasteiger partial charge < -0.3 is 20.2 Å². The minimum absolute atomic E-state index is 0.103. The largest absolute Gasteiger partial charge is 0.481 e. The van der Waals surface area contributed by atoms with E-state index in [1.807, 2.05) is 12.1 Å². The van der Waals surface area contributed by atoms with Crippen molar-refractivity contribution in [1.29, 1.82) is 0 Å². The first-order valence-corrected chi connectivity index (χ1v) is 9.11. The molecular formula is C17H22BrN3O3. The molecule has 130 valence electrons. The first kappa shape index (κ1) is 17.1. The lowest BCUT2D eigenvalue weighted by atomic mass is 9.99.